The minimum Gasteiger partial charge on any atom is -0.466 e. The molecule has 0 spiro atoms. The second kappa shape index (κ2) is 8.93. The number of carbonyl (C=O) groups excluding carboxylic acids is 1. The first-order valence-corrected chi connectivity index (χ1v) is 11.7. The number of H-pyrrole nitrogens is 1. The molecular formula is C26H34N4O2. The average molecular weight is 435 g/mol. The Kier molecular flexibility index (Phi) is 6.22. The molecule has 3 aromatic rings. The number of esters is 1. The summed E-state index contributed by atoms with van der Waals surface area (Å²) < 4.78 is 7.20. The summed E-state index contributed by atoms with van der Waals surface area (Å²) in [6.07, 6.45) is 4.39. The summed E-state index contributed by atoms with van der Waals surface area (Å²) in [5.41, 5.74) is 9.38. The molecule has 0 radical (unpaired) electrons. The van der Waals surface area contributed by atoms with Gasteiger partial charge in [-0.25, -0.2) is 0 Å². The third-order valence-electron chi connectivity index (χ3n) is 6.54. The molecule has 0 amide bonds. The summed E-state index contributed by atoms with van der Waals surface area (Å²) >= 11 is 0. The quantitative estimate of drug-likeness (QED) is 0.514. The predicted octanol–water partition coefficient (Wildman–Crippen LogP) is 5.28. The SMILES string of the molecule is CCOC(=O)CCc1ccc(-c2cc(-c3nn(CC)c4c3CCC(C)(C)C4)[nH]n2)cc1C. The van der Waals surface area contributed by atoms with E-state index >= 15 is 0 Å². The van der Waals surface area contributed by atoms with E-state index in [9.17, 15) is 4.79 Å². The highest BCUT2D eigenvalue weighted by atomic mass is 16.5. The van der Waals surface area contributed by atoms with Crippen molar-refractivity contribution < 1.29 is 9.53 Å². The highest BCUT2D eigenvalue weighted by molar-refractivity contribution is 5.71. The summed E-state index contributed by atoms with van der Waals surface area (Å²) in [6.45, 7) is 12.1. The van der Waals surface area contributed by atoms with Crippen LogP contribution in [0.2, 0.25) is 0 Å². The second-order valence-corrected chi connectivity index (χ2v) is 9.54. The lowest BCUT2D eigenvalue weighted by Crippen LogP contribution is -2.24. The van der Waals surface area contributed by atoms with Gasteiger partial charge in [0.1, 0.15) is 5.69 Å². The molecule has 0 aliphatic heterocycles. The lowest BCUT2D eigenvalue weighted by Gasteiger charge is -2.30. The van der Waals surface area contributed by atoms with Crippen LogP contribution in [0.3, 0.4) is 0 Å². The van der Waals surface area contributed by atoms with E-state index in [1.807, 2.05) is 6.92 Å². The molecule has 6 heteroatoms. The van der Waals surface area contributed by atoms with E-state index < -0.39 is 0 Å². The van der Waals surface area contributed by atoms with Gasteiger partial charge in [0.25, 0.3) is 0 Å². The summed E-state index contributed by atoms with van der Waals surface area (Å²) in [5.74, 6) is -0.147. The van der Waals surface area contributed by atoms with Gasteiger partial charge in [-0.05, 0) is 75.1 Å². The van der Waals surface area contributed by atoms with E-state index in [0.717, 1.165) is 53.2 Å². The molecule has 2 aromatic heterocycles. The molecule has 0 atom stereocenters. The van der Waals surface area contributed by atoms with Crippen LogP contribution < -0.4 is 0 Å². The Labute approximate surface area is 190 Å². The molecule has 0 bridgehead atoms. The van der Waals surface area contributed by atoms with Gasteiger partial charge in [-0.2, -0.15) is 10.2 Å². The van der Waals surface area contributed by atoms with Crippen LogP contribution in [0, 0.1) is 12.3 Å². The largest absolute Gasteiger partial charge is 0.466 e. The smallest absolute Gasteiger partial charge is 0.306 e. The molecular weight excluding hydrogens is 400 g/mol. The number of rotatable bonds is 7. The van der Waals surface area contributed by atoms with Crippen LogP contribution in [-0.2, 0) is 35.3 Å². The van der Waals surface area contributed by atoms with Gasteiger partial charge in [0.2, 0.25) is 0 Å². The molecule has 2 heterocycles. The molecule has 6 nitrogen and oxygen atoms in total. The number of fused-ring (bicyclic) bond motifs is 1. The van der Waals surface area contributed by atoms with E-state index in [2.05, 4.69) is 66.8 Å². The van der Waals surface area contributed by atoms with E-state index in [4.69, 9.17) is 9.84 Å². The first kappa shape index (κ1) is 22.3. The summed E-state index contributed by atoms with van der Waals surface area (Å²) in [7, 11) is 0. The van der Waals surface area contributed by atoms with Crippen molar-refractivity contribution in [2.24, 2.45) is 5.41 Å². The first-order chi connectivity index (χ1) is 15.3. The Hall–Kier alpha value is -2.89. The van der Waals surface area contributed by atoms with Crippen molar-refractivity contribution in [3.8, 4) is 22.6 Å². The zero-order valence-electron chi connectivity index (χ0n) is 19.9. The van der Waals surface area contributed by atoms with Gasteiger partial charge in [-0.3, -0.25) is 14.6 Å². The minimum atomic E-state index is -0.147. The molecule has 170 valence electrons. The number of hydrogen-bond donors (Lipinski definition) is 1. The number of nitrogens with one attached hydrogen (secondary N) is 1. The van der Waals surface area contributed by atoms with Crippen LogP contribution in [0.5, 0.6) is 0 Å². The third-order valence-corrected chi connectivity index (χ3v) is 6.54. The Morgan fingerprint density at radius 2 is 2.06 bits per heavy atom. The Balaban J connectivity index is 1.57. The van der Waals surface area contributed by atoms with E-state index in [-0.39, 0.29) is 5.97 Å². The Bertz CT molecular complexity index is 1120. The fourth-order valence-electron chi connectivity index (χ4n) is 4.67. The normalized spacial score (nSPS) is 14.9. The highest BCUT2D eigenvalue weighted by Crippen LogP contribution is 2.39. The van der Waals surface area contributed by atoms with Crippen molar-refractivity contribution in [2.45, 2.75) is 73.3 Å². The monoisotopic (exact) mass is 434 g/mol. The predicted molar refractivity (Wildman–Crippen MR) is 126 cm³/mol. The molecule has 1 N–H and O–H groups in total. The van der Waals surface area contributed by atoms with Gasteiger partial charge in [0.15, 0.2) is 0 Å². The summed E-state index contributed by atoms with van der Waals surface area (Å²) in [5, 5.41) is 12.8. The molecule has 0 saturated carbocycles. The zero-order valence-corrected chi connectivity index (χ0v) is 19.9. The van der Waals surface area contributed by atoms with Crippen LogP contribution in [0.4, 0.5) is 0 Å². The molecule has 1 aliphatic rings. The first-order valence-electron chi connectivity index (χ1n) is 11.7. The lowest BCUT2D eigenvalue weighted by molar-refractivity contribution is -0.143. The van der Waals surface area contributed by atoms with Crippen LogP contribution in [0.15, 0.2) is 24.3 Å². The van der Waals surface area contributed by atoms with Gasteiger partial charge < -0.3 is 4.74 Å². The van der Waals surface area contributed by atoms with Crippen molar-refractivity contribution in [2.75, 3.05) is 6.61 Å². The van der Waals surface area contributed by atoms with Crippen molar-refractivity contribution in [1.82, 2.24) is 20.0 Å². The van der Waals surface area contributed by atoms with Crippen LogP contribution in [0.1, 0.15) is 62.9 Å². The second-order valence-electron chi connectivity index (χ2n) is 9.54. The number of ether oxygens (including phenoxy) is 1. The van der Waals surface area contributed by atoms with E-state index in [0.29, 0.717) is 24.9 Å². The van der Waals surface area contributed by atoms with Crippen LogP contribution in [-0.4, -0.2) is 32.6 Å². The fraction of sp³-hybridized carbons (Fsp3) is 0.500. The van der Waals surface area contributed by atoms with Gasteiger partial charge in [0.05, 0.1) is 18.0 Å². The van der Waals surface area contributed by atoms with Crippen molar-refractivity contribution in [3.05, 3.63) is 46.6 Å². The minimum absolute atomic E-state index is 0.147. The molecule has 1 aromatic carbocycles. The maximum atomic E-state index is 11.7. The number of carbonyl (C=O) groups is 1. The van der Waals surface area contributed by atoms with Gasteiger partial charge >= 0.3 is 5.97 Å². The number of hydrogen-bond acceptors (Lipinski definition) is 4. The average Bonchev–Trinajstić information content (AvgIpc) is 3.36. The molecule has 0 fully saturated rings. The van der Waals surface area contributed by atoms with Crippen molar-refractivity contribution >= 4 is 5.97 Å². The molecule has 0 unspecified atom stereocenters. The van der Waals surface area contributed by atoms with Gasteiger partial charge in [-0.1, -0.05) is 26.0 Å². The van der Waals surface area contributed by atoms with Crippen LogP contribution >= 0.6 is 0 Å². The van der Waals surface area contributed by atoms with Gasteiger partial charge in [0, 0.05) is 29.8 Å². The lowest BCUT2D eigenvalue weighted by atomic mass is 9.76. The number of aromatic nitrogens is 4. The highest BCUT2D eigenvalue weighted by Gasteiger charge is 2.31. The third kappa shape index (κ3) is 4.50. The zero-order chi connectivity index (χ0) is 22.9. The maximum Gasteiger partial charge on any atom is 0.306 e. The van der Waals surface area contributed by atoms with E-state index in [1.54, 1.807) is 0 Å². The van der Waals surface area contributed by atoms with Crippen molar-refractivity contribution in [3.63, 3.8) is 0 Å². The van der Waals surface area contributed by atoms with E-state index in [1.165, 1.54) is 17.7 Å². The fourth-order valence-corrected chi connectivity index (χ4v) is 4.67. The molecule has 0 saturated heterocycles. The van der Waals surface area contributed by atoms with Crippen LogP contribution in [0.25, 0.3) is 22.6 Å². The molecule has 32 heavy (non-hydrogen) atoms. The number of nitrogens with zero attached hydrogens (tertiary/aromatic N) is 3. The maximum absolute atomic E-state index is 11.7. The van der Waals surface area contributed by atoms with Gasteiger partial charge in [-0.15, -0.1) is 0 Å². The number of aryl methyl sites for hydroxylation is 3. The Morgan fingerprint density at radius 1 is 1.25 bits per heavy atom. The molecule has 4 rings (SSSR count). The number of aromatic amines is 1. The van der Waals surface area contributed by atoms with Crippen molar-refractivity contribution in [1.29, 1.82) is 0 Å². The number of benzene rings is 1. The molecule has 1 aliphatic carbocycles. The standard InChI is InChI=1S/C26H34N4O2/c1-6-30-23-16-26(4,5)13-12-20(23)25(29-30)22-15-21(27-28-22)19-9-8-18(17(3)14-19)10-11-24(31)32-7-2/h8-9,14-15H,6-7,10-13,16H2,1-5H3,(H,27,28). The summed E-state index contributed by atoms with van der Waals surface area (Å²) in [4.78, 5) is 11.7. The summed E-state index contributed by atoms with van der Waals surface area (Å²) in [6, 6.07) is 8.42. The topological polar surface area (TPSA) is 72.8 Å². The Morgan fingerprint density at radius 3 is 2.78 bits per heavy atom.